The summed E-state index contributed by atoms with van der Waals surface area (Å²) in [5.74, 6) is -0.0854. The zero-order valence-electron chi connectivity index (χ0n) is 18.8. The van der Waals surface area contributed by atoms with Gasteiger partial charge in [0.15, 0.2) is 5.13 Å². The van der Waals surface area contributed by atoms with Crippen LogP contribution in [-0.4, -0.2) is 42.2 Å². The molecule has 0 saturated carbocycles. The maximum atomic E-state index is 12.7. The van der Waals surface area contributed by atoms with Gasteiger partial charge in [-0.1, -0.05) is 36.4 Å². The Kier molecular flexibility index (Phi) is 6.07. The normalized spacial score (nSPS) is 13.9. The zero-order chi connectivity index (χ0) is 22.8. The third-order valence-electron chi connectivity index (χ3n) is 5.95. The second-order valence-electron chi connectivity index (χ2n) is 8.22. The Morgan fingerprint density at radius 2 is 1.88 bits per heavy atom. The second kappa shape index (κ2) is 9.29. The summed E-state index contributed by atoms with van der Waals surface area (Å²) in [5.41, 5.74) is 5.85. The Morgan fingerprint density at radius 1 is 1.06 bits per heavy atom. The smallest absolute Gasteiger partial charge is 0.230 e. The van der Waals surface area contributed by atoms with Gasteiger partial charge in [-0.2, -0.15) is 0 Å². The average molecular weight is 459 g/mol. The number of benzene rings is 2. The monoisotopic (exact) mass is 458 g/mol. The van der Waals surface area contributed by atoms with Crippen LogP contribution in [0.5, 0.6) is 0 Å². The maximum absolute atomic E-state index is 12.7. The molecule has 6 nitrogen and oxygen atoms in total. The van der Waals surface area contributed by atoms with Crippen molar-refractivity contribution in [3.05, 3.63) is 70.7 Å². The van der Waals surface area contributed by atoms with Crippen molar-refractivity contribution in [3.8, 4) is 11.3 Å². The van der Waals surface area contributed by atoms with E-state index >= 15 is 0 Å². The number of thiazole rings is 1. The fourth-order valence-electron chi connectivity index (χ4n) is 4.06. The lowest BCUT2D eigenvalue weighted by Gasteiger charge is -2.29. The van der Waals surface area contributed by atoms with Crippen molar-refractivity contribution in [1.29, 1.82) is 0 Å². The third-order valence-corrected chi connectivity index (χ3v) is 6.94. The van der Waals surface area contributed by atoms with Gasteiger partial charge < -0.3 is 15.0 Å². The molecule has 1 N–H and O–H groups in total. The molecule has 0 atom stereocenters. The Labute approximate surface area is 197 Å². The topological polar surface area (TPSA) is 67.4 Å². The van der Waals surface area contributed by atoms with Crippen molar-refractivity contribution in [2.75, 3.05) is 36.5 Å². The Morgan fingerprint density at radius 3 is 2.67 bits per heavy atom. The molecule has 1 aliphatic rings. The van der Waals surface area contributed by atoms with Crippen molar-refractivity contribution in [2.45, 2.75) is 20.3 Å². The number of aromatic nitrogens is 2. The van der Waals surface area contributed by atoms with E-state index in [2.05, 4.69) is 45.5 Å². The SMILES string of the molecule is Cc1nc(NC(=O)Cc2cccc3ccc(-c4cccc(N5CCOCC5)c4)nc23)sc1C. The van der Waals surface area contributed by atoms with E-state index in [0.717, 1.165) is 64.6 Å². The number of morpholine rings is 1. The number of nitrogens with zero attached hydrogens (tertiary/aromatic N) is 3. The van der Waals surface area contributed by atoms with Gasteiger partial charge in [-0.05, 0) is 37.6 Å². The highest BCUT2D eigenvalue weighted by molar-refractivity contribution is 7.15. The number of hydrogen-bond donors (Lipinski definition) is 1. The number of carbonyl (C=O) groups excluding carboxylic acids is 1. The number of ether oxygens (including phenoxy) is 1. The van der Waals surface area contributed by atoms with E-state index in [1.54, 1.807) is 0 Å². The number of anilines is 2. The molecule has 0 radical (unpaired) electrons. The van der Waals surface area contributed by atoms with Crippen LogP contribution in [0.25, 0.3) is 22.2 Å². The summed E-state index contributed by atoms with van der Waals surface area (Å²) in [6, 6.07) is 18.6. The quantitative estimate of drug-likeness (QED) is 0.456. The first kappa shape index (κ1) is 21.6. The molecule has 0 aliphatic carbocycles. The fraction of sp³-hybridized carbons (Fsp3) is 0.269. The van der Waals surface area contributed by atoms with E-state index in [1.807, 2.05) is 38.1 Å². The highest BCUT2D eigenvalue weighted by Gasteiger charge is 2.14. The number of fused-ring (bicyclic) bond motifs is 1. The third kappa shape index (κ3) is 4.74. The van der Waals surface area contributed by atoms with Gasteiger partial charge in [0.05, 0.1) is 36.5 Å². The maximum Gasteiger partial charge on any atom is 0.230 e. The largest absolute Gasteiger partial charge is 0.378 e. The number of para-hydroxylation sites is 1. The van der Waals surface area contributed by atoms with E-state index in [4.69, 9.17) is 9.72 Å². The molecule has 168 valence electrons. The lowest BCUT2D eigenvalue weighted by atomic mass is 10.0. The van der Waals surface area contributed by atoms with Gasteiger partial charge in [0.25, 0.3) is 0 Å². The molecule has 3 heterocycles. The standard InChI is InChI=1S/C26H26N4O2S/c1-17-18(2)33-26(27-17)29-24(31)16-21-7-3-5-19-9-10-23(28-25(19)21)20-6-4-8-22(15-20)30-11-13-32-14-12-30/h3-10,15H,11-14,16H2,1-2H3,(H,27,29,31). The van der Waals surface area contributed by atoms with Gasteiger partial charge >= 0.3 is 0 Å². The molecule has 4 aromatic rings. The van der Waals surface area contributed by atoms with E-state index in [1.165, 1.54) is 17.0 Å². The van der Waals surface area contributed by atoms with Gasteiger partial charge in [0.1, 0.15) is 0 Å². The lowest BCUT2D eigenvalue weighted by molar-refractivity contribution is -0.115. The van der Waals surface area contributed by atoms with Gasteiger partial charge in [-0.25, -0.2) is 9.97 Å². The van der Waals surface area contributed by atoms with Crippen molar-refractivity contribution in [2.24, 2.45) is 0 Å². The minimum Gasteiger partial charge on any atom is -0.378 e. The molecule has 0 spiro atoms. The van der Waals surface area contributed by atoms with E-state index in [9.17, 15) is 4.79 Å². The molecule has 1 fully saturated rings. The predicted octanol–water partition coefficient (Wildman–Crippen LogP) is 4.99. The first-order valence-electron chi connectivity index (χ1n) is 11.1. The van der Waals surface area contributed by atoms with Gasteiger partial charge in [-0.15, -0.1) is 11.3 Å². The first-order valence-corrected chi connectivity index (χ1v) is 11.9. The van der Waals surface area contributed by atoms with Crippen LogP contribution in [0.1, 0.15) is 16.1 Å². The molecular weight excluding hydrogens is 432 g/mol. The Bertz CT molecular complexity index is 1290. The summed E-state index contributed by atoms with van der Waals surface area (Å²) >= 11 is 1.50. The minimum absolute atomic E-state index is 0.0854. The molecule has 5 rings (SSSR count). The van der Waals surface area contributed by atoms with Crippen LogP contribution in [0.15, 0.2) is 54.6 Å². The van der Waals surface area contributed by atoms with Crippen molar-refractivity contribution >= 4 is 39.0 Å². The number of hydrogen-bond acceptors (Lipinski definition) is 6. The summed E-state index contributed by atoms with van der Waals surface area (Å²) in [7, 11) is 0. The Hall–Kier alpha value is -3.29. The highest BCUT2D eigenvalue weighted by atomic mass is 32.1. The average Bonchev–Trinajstić information content (AvgIpc) is 3.16. The molecule has 2 aromatic carbocycles. The van der Waals surface area contributed by atoms with Crippen LogP contribution in [0.4, 0.5) is 10.8 Å². The number of rotatable bonds is 5. The van der Waals surface area contributed by atoms with E-state index in [0.29, 0.717) is 5.13 Å². The minimum atomic E-state index is -0.0854. The second-order valence-corrected chi connectivity index (χ2v) is 9.42. The van der Waals surface area contributed by atoms with Crippen LogP contribution >= 0.6 is 11.3 Å². The molecule has 33 heavy (non-hydrogen) atoms. The summed E-state index contributed by atoms with van der Waals surface area (Å²) in [5, 5.41) is 4.60. The summed E-state index contributed by atoms with van der Waals surface area (Å²) < 4.78 is 5.48. The van der Waals surface area contributed by atoms with Crippen molar-refractivity contribution < 1.29 is 9.53 Å². The van der Waals surface area contributed by atoms with Gasteiger partial charge in [-0.3, -0.25) is 4.79 Å². The molecule has 2 aromatic heterocycles. The molecule has 0 unspecified atom stereocenters. The lowest BCUT2D eigenvalue weighted by Crippen LogP contribution is -2.36. The summed E-state index contributed by atoms with van der Waals surface area (Å²) in [4.78, 5) is 25.6. The number of aryl methyl sites for hydroxylation is 2. The molecule has 1 aliphatic heterocycles. The number of carbonyl (C=O) groups is 1. The van der Waals surface area contributed by atoms with Gasteiger partial charge in [0.2, 0.25) is 5.91 Å². The Balaban J connectivity index is 1.42. The van der Waals surface area contributed by atoms with Crippen LogP contribution in [0, 0.1) is 13.8 Å². The van der Waals surface area contributed by atoms with Crippen molar-refractivity contribution in [1.82, 2.24) is 9.97 Å². The van der Waals surface area contributed by atoms with Gasteiger partial charge in [0, 0.05) is 34.6 Å². The van der Waals surface area contributed by atoms with E-state index < -0.39 is 0 Å². The van der Waals surface area contributed by atoms with Crippen LogP contribution in [-0.2, 0) is 16.0 Å². The zero-order valence-corrected chi connectivity index (χ0v) is 19.6. The number of amides is 1. The van der Waals surface area contributed by atoms with Crippen LogP contribution < -0.4 is 10.2 Å². The fourth-order valence-corrected chi connectivity index (χ4v) is 4.89. The first-order chi connectivity index (χ1) is 16.1. The molecule has 0 bridgehead atoms. The number of pyridine rings is 1. The molecule has 7 heteroatoms. The van der Waals surface area contributed by atoms with Crippen molar-refractivity contribution in [3.63, 3.8) is 0 Å². The molecular formula is C26H26N4O2S. The van der Waals surface area contributed by atoms with E-state index in [-0.39, 0.29) is 12.3 Å². The summed E-state index contributed by atoms with van der Waals surface area (Å²) in [6.07, 6.45) is 0.249. The number of nitrogens with one attached hydrogen (secondary N) is 1. The molecule has 1 amide bonds. The van der Waals surface area contributed by atoms with Crippen LogP contribution in [0.2, 0.25) is 0 Å². The highest BCUT2D eigenvalue weighted by Crippen LogP contribution is 2.27. The molecule has 1 saturated heterocycles. The summed E-state index contributed by atoms with van der Waals surface area (Å²) in [6.45, 7) is 7.25. The van der Waals surface area contributed by atoms with Crippen LogP contribution in [0.3, 0.4) is 0 Å². The predicted molar refractivity (Wildman–Crippen MR) is 134 cm³/mol.